The predicted molar refractivity (Wildman–Crippen MR) is 128 cm³/mol. The number of halogens is 3. The molecule has 1 aromatic carbocycles. The molecule has 11 heteroatoms. The van der Waals surface area contributed by atoms with Crippen molar-refractivity contribution in [3.63, 3.8) is 0 Å². The summed E-state index contributed by atoms with van der Waals surface area (Å²) in [6, 6.07) is 0.0465. The first-order valence-electron chi connectivity index (χ1n) is 13.3. The van der Waals surface area contributed by atoms with E-state index in [2.05, 4.69) is 10.6 Å². The van der Waals surface area contributed by atoms with E-state index in [1.165, 1.54) is 19.1 Å². The molecule has 0 saturated heterocycles. The van der Waals surface area contributed by atoms with Crippen molar-refractivity contribution in [1.82, 2.24) is 10.2 Å². The molecule has 3 amide bonds. The van der Waals surface area contributed by atoms with Crippen molar-refractivity contribution in [2.24, 2.45) is 11.7 Å². The van der Waals surface area contributed by atoms with Crippen LogP contribution in [0.1, 0.15) is 61.0 Å². The molecule has 36 heavy (non-hydrogen) atoms. The van der Waals surface area contributed by atoms with Crippen LogP contribution in [-0.4, -0.2) is 55.0 Å². The van der Waals surface area contributed by atoms with Gasteiger partial charge in [-0.1, -0.05) is 13.0 Å². The number of hydrogen-bond acceptors (Lipinski definition) is 5. The van der Waals surface area contributed by atoms with Crippen LogP contribution >= 0.6 is 0 Å². The van der Waals surface area contributed by atoms with Gasteiger partial charge in [0.05, 0.1) is 18.8 Å². The van der Waals surface area contributed by atoms with E-state index in [-0.39, 0.29) is 35.6 Å². The van der Waals surface area contributed by atoms with Gasteiger partial charge in [0.25, 0.3) is 6.08 Å². The highest BCUT2D eigenvalue weighted by molar-refractivity contribution is 5.95. The van der Waals surface area contributed by atoms with E-state index in [0.29, 0.717) is 25.7 Å². The van der Waals surface area contributed by atoms with Crippen molar-refractivity contribution in [2.75, 3.05) is 19.4 Å². The number of esters is 1. The fourth-order valence-electron chi connectivity index (χ4n) is 4.29. The highest BCUT2D eigenvalue weighted by atomic mass is 19.3. The molecular formula is C25H33F3N4O4. The van der Waals surface area contributed by atoms with Crippen molar-refractivity contribution in [3.8, 4) is 0 Å². The molecule has 0 aromatic heterocycles. The van der Waals surface area contributed by atoms with Crippen molar-refractivity contribution >= 4 is 23.6 Å². The third kappa shape index (κ3) is 6.57. The number of nitrogens with two attached hydrogens (primary N) is 1. The summed E-state index contributed by atoms with van der Waals surface area (Å²) >= 11 is 0. The van der Waals surface area contributed by atoms with Gasteiger partial charge in [0.1, 0.15) is 11.9 Å². The van der Waals surface area contributed by atoms with Crippen molar-refractivity contribution in [1.29, 1.82) is 0 Å². The zero-order valence-electron chi connectivity index (χ0n) is 23.2. The molecule has 2 fully saturated rings. The van der Waals surface area contributed by atoms with E-state index < -0.39 is 60.8 Å². The van der Waals surface area contributed by atoms with Gasteiger partial charge in [0.15, 0.2) is 0 Å². The second kappa shape index (κ2) is 11.8. The Kier molecular flexibility index (Phi) is 7.63. The number of carbonyl (C=O) groups excluding carboxylic acids is 3. The van der Waals surface area contributed by atoms with Crippen LogP contribution in [-0.2, 0) is 14.3 Å². The Balaban J connectivity index is 1.69. The number of methoxy groups -OCH3 is 1. The molecule has 0 heterocycles. The second-order valence-electron chi connectivity index (χ2n) is 9.30. The Morgan fingerprint density at radius 3 is 2.39 bits per heavy atom. The minimum atomic E-state index is -2.71. The van der Waals surface area contributed by atoms with Crippen LogP contribution in [0.2, 0.25) is 0 Å². The van der Waals surface area contributed by atoms with Crippen LogP contribution < -0.4 is 16.4 Å². The first kappa shape index (κ1) is 23.3. The minimum Gasteiger partial charge on any atom is -0.467 e. The molecule has 0 unspecified atom stereocenters. The molecule has 8 nitrogen and oxygen atoms in total. The van der Waals surface area contributed by atoms with Gasteiger partial charge >= 0.3 is 12.0 Å². The second-order valence-corrected chi connectivity index (χ2v) is 9.30. The lowest BCUT2D eigenvalue weighted by Crippen LogP contribution is -2.50. The summed E-state index contributed by atoms with van der Waals surface area (Å²) in [6.45, 7) is -1.17. The fourth-order valence-corrected chi connectivity index (χ4v) is 4.29. The smallest absolute Gasteiger partial charge is 0.329 e. The average molecular weight is 514 g/mol. The molecule has 1 aromatic rings. The van der Waals surface area contributed by atoms with E-state index in [1.807, 2.05) is 0 Å². The van der Waals surface area contributed by atoms with Crippen LogP contribution in [0.5, 0.6) is 0 Å². The summed E-state index contributed by atoms with van der Waals surface area (Å²) in [6.07, 6.45) is 0.300. The number of nitrogens with one attached hydrogen (secondary N) is 2. The van der Waals surface area contributed by atoms with Gasteiger partial charge in [-0.25, -0.2) is 14.0 Å². The zero-order chi connectivity index (χ0) is 29.1. The number of anilines is 1. The van der Waals surface area contributed by atoms with Gasteiger partial charge in [-0.3, -0.25) is 4.79 Å². The maximum absolute atomic E-state index is 15.0. The summed E-state index contributed by atoms with van der Waals surface area (Å²) in [5, 5.41) is 4.84. The first-order valence-corrected chi connectivity index (χ1v) is 11.8. The van der Waals surface area contributed by atoms with Crippen LogP contribution in [0.25, 0.3) is 0 Å². The summed E-state index contributed by atoms with van der Waals surface area (Å²) in [7, 11) is 1.11. The molecular weight excluding hydrogens is 477 g/mol. The summed E-state index contributed by atoms with van der Waals surface area (Å²) < 4.78 is 68.3. The van der Waals surface area contributed by atoms with Crippen LogP contribution in [0, 0.1) is 11.7 Å². The lowest BCUT2D eigenvalue weighted by Gasteiger charge is -2.28. The van der Waals surface area contributed by atoms with E-state index in [0.717, 1.165) is 18.1 Å². The highest BCUT2D eigenvalue weighted by Gasteiger charge is 2.35. The molecule has 4 N–H and O–H groups in total. The van der Waals surface area contributed by atoms with E-state index in [4.69, 9.17) is 14.6 Å². The maximum atomic E-state index is 15.0. The normalized spacial score (nSPS) is 21.7. The van der Waals surface area contributed by atoms with Crippen molar-refractivity contribution in [2.45, 2.75) is 69.5 Å². The number of allylic oxidation sites excluding steroid dienone is 1. The molecule has 198 valence electrons. The molecule has 3 rings (SSSR count). The number of nitrogens with zero attached hydrogens (tertiary/aromatic N) is 1. The van der Waals surface area contributed by atoms with Gasteiger partial charge in [-0.05, 0) is 67.7 Å². The van der Waals surface area contributed by atoms with Gasteiger partial charge < -0.3 is 26.0 Å². The summed E-state index contributed by atoms with van der Waals surface area (Å²) in [4.78, 5) is 38.7. The van der Waals surface area contributed by atoms with E-state index in [1.54, 1.807) is 0 Å². The Morgan fingerprint density at radius 2 is 1.86 bits per heavy atom. The summed E-state index contributed by atoms with van der Waals surface area (Å²) in [5.41, 5.74) is 6.20. The van der Waals surface area contributed by atoms with Crippen LogP contribution in [0.15, 0.2) is 29.9 Å². The molecule has 3 atom stereocenters. The number of amides is 3. The van der Waals surface area contributed by atoms with E-state index in [9.17, 15) is 27.6 Å². The third-order valence-corrected chi connectivity index (χ3v) is 6.85. The topological polar surface area (TPSA) is 114 Å². The number of hydrogen-bond donors (Lipinski definition) is 3. The van der Waals surface area contributed by atoms with Gasteiger partial charge in [0, 0.05) is 23.0 Å². The Bertz CT molecular complexity index is 1120. The van der Waals surface area contributed by atoms with E-state index >= 15 is 0 Å². The number of urea groups is 1. The first-order chi connectivity index (χ1) is 18.2. The number of carbonyl (C=O) groups is 3. The highest BCUT2D eigenvalue weighted by Crippen LogP contribution is 2.33. The SMILES string of the molecule is [2H]C([2H])([2H])N(C(=O)N[C@@H](C(=O)OC)[C@@H](C)c1ccc(NC(=O)[C@@H](N)C2CCC(=C(F)F)CC2)c(F)c1)C1CC1. The Morgan fingerprint density at radius 1 is 1.19 bits per heavy atom. The number of rotatable bonds is 8. The van der Waals surface area contributed by atoms with Crippen LogP contribution in [0.3, 0.4) is 0 Å². The minimum absolute atomic E-state index is 0.0645. The van der Waals surface area contributed by atoms with Gasteiger partial charge in [-0.2, -0.15) is 8.78 Å². The van der Waals surface area contributed by atoms with Crippen molar-refractivity contribution in [3.05, 3.63) is 41.2 Å². The van der Waals surface area contributed by atoms with Gasteiger partial charge in [-0.15, -0.1) is 0 Å². The fraction of sp³-hybridized carbons (Fsp3) is 0.560. The maximum Gasteiger partial charge on any atom is 0.329 e. The van der Waals surface area contributed by atoms with Crippen molar-refractivity contribution < 1.29 is 36.4 Å². The lowest BCUT2D eigenvalue weighted by molar-refractivity contribution is -0.143. The van der Waals surface area contributed by atoms with Gasteiger partial charge in [0.2, 0.25) is 5.91 Å². The quantitative estimate of drug-likeness (QED) is 0.457. The monoisotopic (exact) mass is 513 g/mol. The molecule has 0 bridgehead atoms. The molecule has 0 spiro atoms. The third-order valence-electron chi connectivity index (χ3n) is 6.85. The summed E-state index contributed by atoms with van der Waals surface area (Å²) in [5.74, 6) is -3.49. The largest absolute Gasteiger partial charge is 0.467 e. The predicted octanol–water partition coefficient (Wildman–Crippen LogP) is 3.88. The molecule has 0 aliphatic heterocycles. The number of ether oxygens (including phenoxy) is 1. The molecule has 2 saturated carbocycles. The molecule has 2 aliphatic carbocycles. The zero-order valence-corrected chi connectivity index (χ0v) is 20.2. The molecule has 2 aliphatic rings. The Labute approximate surface area is 212 Å². The Hall–Kier alpha value is -3.08. The molecule has 0 radical (unpaired) electrons. The lowest BCUT2D eigenvalue weighted by atomic mass is 9.81. The van der Waals surface area contributed by atoms with Crippen LogP contribution in [0.4, 0.5) is 23.7 Å². The number of benzene rings is 1. The average Bonchev–Trinajstić information content (AvgIpc) is 3.71. The standard InChI is InChI=1S/C25H33F3N4O4/c1-13(21(24(34)36-3)31-25(35)32(2)17-9-10-17)16-8-11-19(18(26)12-16)30-23(33)20(29)14-4-6-15(7-5-14)22(27)28/h8,11-14,17,20-21H,4-7,9-10,29H2,1-3H3,(H,30,33)(H,31,35)/t13-,20-,21+/m0/s1/i2D3.